The van der Waals surface area contributed by atoms with Crippen molar-refractivity contribution < 1.29 is 24.2 Å². The summed E-state index contributed by atoms with van der Waals surface area (Å²) in [6, 6.07) is 15.1. The van der Waals surface area contributed by atoms with Crippen molar-refractivity contribution in [1.29, 1.82) is 0 Å². The van der Waals surface area contributed by atoms with Crippen molar-refractivity contribution in [2.45, 2.75) is 63.4 Å². The number of anilines is 1. The largest absolute Gasteiger partial charge is 0.394 e. The number of carbonyl (C=O) groups excluding carboxylic acids is 3. The number of benzene rings is 2. The molecule has 3 amide bonds. The number of aliphatic hydroxyl groups excluding tert-OH is 1. The van der Waals surface area contributed by atoms with E-state index in [4.69, 9.17) is 16.3 Å². The number of carbonyl (C=O) groups is 3. The minimum absolute atomic E-state index is 0.144. The first-order valence-electron chi connectivity index (χ1n) is 15.4. The van der Waals surface area contributed by atoms with Gasteiger partial charge in [0.15, 0.2) is 0 Å². The fourth-order valence-corrected chi connectivity index (χ4v) is 7.76. The lowest BCUT2D eigenvalue weighted by Gasteiger charge is -2.39. The zero-order valence-corrected chi connectivity index (χ0v) is 26.2. The zero-order valence-electron chi connectivity index (χ0n) is 25.5. The lowest BCUT2D eigenvalue weighted by molar-refractivity contribution is -0.147. The monoisotopic (exact) mass is 619 g/mol. The molecule has 2 unspecified atom stereocenters. The van der Waals surface area contributed by atoms with Crippen LogP contribution >= 0.6 is 11.6 Å². The number of hydrogen-bond acceptors (Lipinski definition) is 5. The van der Waals surface area contributed by atoms with Gasteiger partial charge in [0.1, 0.15) is 11.6 Å². The number of amides is 3. The third kappa shape index (κ3) is 5.59. The number of nitrogens with zero attached hydrogens (tertiary/aromatic N) is 3. The third-order valence-electron chi connectivity index (χ3n) is 9.20. The zero-order chi connectivity index (χ0) is 31.6. The van der Waals surface area contributed by atoms with Crippen molar-refractivity contribution in [3.05, 3.63) is 90.5 Å². The van der Waals surface area contributed by atoms with Gasteiger partial charge in [0.05, 0.1) is 41.3 Å². The molecule has 3 fully saturated rings. The highest BCUT2D eigenvalue weighted by molar-refractivity contribution is 6.34. The maximum atomic E-state index is 14.8. The molecular weight excluding hydrogens is 578 g/mol. The molecule has 2 aromatic carbocycles. The molecule has 3 heterocycles. The van der Waals surface area contributed by atoms with E-state index in [0.29, 0.717) is 43.1 Å². The van der Waals surface area contributed by atoms with Crippen molar-refractivity contribution >= 4 is 35.0 Å². The number of fused-ring (bicyclic) bond motifs is 1. The Morgan fingerprint density at radius 1 is 1.09 bits per heavy atom. The Labute approximate surface area is 264 Å². The third-order valence-corrected chi connectivity index (χ3v) is 9.52. The van der Waals surface area contributed by atoms with Crippen molar-refractivity contribution in [3.63, 3.8) is 0 Å². The summed E-state index contributed by atoms with van der Waals surface area (Å²) in [7, 11) is 0. The summed E-state index contributed by atoms with van der Waals surface area (Å²) >= 11 is 6.57. The average Bonchev–Trinajstić information content (AvgIpc) is 3.66. The molecule has 0 saturated carbocycles. The second-order valence-corrected chi connectivity index (χ2v) is 12.9. The summed E-state index contributed by atoms with van der Waals surface area (Å²) in [5.41, 5.74) is 0.249. The summed E-state index contributed by atoms with van der Waals surface area (Å²) in [6.07, 6.45) is 4.29. The second kappa shape index (κ2) is 13.3. The van der Waals surface area contributed by atoms with E-state index in [1.165, 1.54) is 9.80 Å². The van der Waals surface area contributed by atoms with Crippen molar-refractivity contribution in [3.8, 4) is 0 Å². The molecule has 44 heavy (non-hydrogen) atoms. The van der Waals surface area contributed by atoms with E-state index >= 15 is 0 Å². The molecule has 3 aliphatic rings. The Hall–Kier alpha value is -3.46. The normalized spacial score (nSPS) is 26.0. The number of aliphatic hydroxyl groups is 1. The first kappa shape index (κ1) is 31.9. The van der Waals surface area contributed by atoms with Crippen LogP contribution in [0.25, 0.3) is 0 Å². The summed E-state index contributed by atoms with van der Waals surface area (Å²) in [5.74, 6) is -2.34. The quantitative estimate of drug-likeness (QED) is 0.324. The number of hydrogen-bond donors (Lipinski definition) is 1. The summed E-state index contributed by atoms with van der Waals surface area (Å²) in [4.78, 5) is 48.6. The molecule has 234 valence electrons. The van der Waals surface area contributed by atoms with Crippen molar-refractivity contribution in [2.75, 3.05) is 24.6 Å². The summed E-state index contributed by atoms with van der Waals surface area (Å²) in [5, 5.41) is 11.0. The van der Waals surface area contributed by atoms with E-state index in [1.807, 2.05) is 44.2 Å². The molecule has 0 radical (unpaired) electrons. The van der Waals surface area contributed by atoms with Gasteiger partial charge in [0.2, 0.25) is 11.8 Å². The van der Waals surface area contributed by atoms with Crippen LogP contribution in [0, 0.1) is 17.8 Å². The van der Waals surface area contributed by atoms with Crippen LogP contribution in [0.1, 0.15) is 38.7 Å². The number of para-hydroxylation sites is 1. The topological polar surface area (TPSA) is 90.4 Å². The van der Waals surface area contributed by atoms with Gasteiger partial charge >= 0.3 is 0 Å². The summed E-state index contributed by atoms with van der Waals surface area (Å²) < 4.78 is 6.70. The SMILES string of the molecule is C=CCN(Cc1ccccc1)C(=O)[C@@H]1[C@H]2C(=O)N([C@@H](CO)CC(C)C)C(C(=O)N(CC=C)c3ccccc3Cl)C23CC[C@H]1O3. The van der Waals surface area contributed by atoms with Gasteiger partial charge in [-0.15, -0.1) is 13.2 Å². The smallest absolute Gasteiger partial charge is 0.253 e. The summed E-state index contributed by atoms with van der Waals surface area (Å²) in [6.45, 7) is 12.3. The molecule has 1 spiro atoms. The molecule has 9 heteroatoms. The van der Waals surface area contributed by atoms with Crippen LogP contribution in [0.3, 0.4) is 0 Å². The lowest BCUT2D eigenvalue weighted by Crippen LogP contribution is -2.59. The highest BCUT2D eigenvalue weighted by atomic mass is 35.5. The molecule has 3 aliphatic heterocycles. The predicted molar refractivity (Wildman–Crippen MR) is 171 cm³/mol. The molecule has 5 rings (SSSR count). The maximum Gasteiger partial charge on any atom is 0.253 e. The highest BCUT2D eigenvalue weighted by Gasteiger charge is 2.75. The second-order valence-electron chi connectivity index (χ2n) is 12.4. The molecule has 1 N–H and O–H groups in total. The minimum atomic E-state index is -1.21. The van der Waals surface area contributed by atoms with Gasteiger partial charge in [0, 0.05) is 19.6 Å². The van der Waals surface area contributed by atoms with E-state index in [9.17, 15) is 19.5 Å². The Morgan fingerprint density at radius 2 is 1.77 bits per heavy atom. The standard InChI is InChI=1S/C35H42ClN3O5/c1-5-18-37(21-24-12-8-7-9-13-24)32(41)29-28-16-17-35(44-28)30(29)33(42)39(25(22-40)20-23(3)4)31(35)34(43)38(19-6-2)27-15-11-10-14-26(27)36/h5-15,23,25,28-31,40H,1-2,16-22H2,3-4H3/t25-,28-,29+,30+,31?,35?/m1/s1. The number of rotatable bonds is 13. The van der Waals surface area contributed by atoms with Crippen molar-refractivity contribution in [1.82, 2.24) is 9.80 Å². The molecule has 2 aromatic rings. The van der Waals surface area contributed by atoms with Crippen LogP contribution in [-0.4, -0.2) is 76.1 Å². The minimum Gasteiger partial charge on any atom is -0.394 e. The van der Waals surface area contributed by atoms with E-state index < -0.39 is 35.6 Å². The van der Waals surface area contributed by atoms with Crippen LogP contribution < -0.4 is 4.90 Å². The first-order chi connectivity index (χ1) is 21.2. The molecule has 3 saturated heterocycles. The molecule has 0 aliphatic carbocycles. The Kier molecular flexibility index (Phi) is 9.63. The van der Waals surface area contributed by atoms with E-state index in [0.717, 1.165) is 5.56 Å². The first-order valence-corrected chi connectivity index (χ1v) is 15.8. The molecule has 6 atom stereocenters. The van der Waals surface area contributed by atoms with Crippen LogP contribution in [0.5, 0.6) is 0 Å². The maximum absolute atomic E-state index is 14.8. The highest BCUT2D eigenvalue weighted by Crippen LogP contribution is 2.59. The van der Waals surface area contributed by atoms with Crippen LogP contribution in [0.15, 0.2) is 79.9 Å². The van der Waals surface area contributed by atoms with E-state index in [1.54, 1.807) is 41.3 Å². The number of halogens is 1. The number of ether oxygens (including phenoxy) is 1. The van der Waals surface area contributed by atoms with Crippen LogP contribution in [0.4, 0.5) is 5.69 Å². The fraction of sp³-hybridized carbons (Fsp3) is 0.457. The van der Waals surface area contributed by atoms with Gasteiger partial charge < -0.3 is 24.5 Å². The van der Waals surface area contributed by atoms with Crippen LogP contribution in [0.2, 0.25) is 5.02 Å². The van der Waals surface area contributed by atoms with Gasteiger partial charge in [-0.2, -0.15) is 0 Å². The average molecular weight is 620 g/mol. The van der Waals surface area contributed by atoms with Gasteiger partial charge in [-0.25, -0.2) is 0 Å². The van der Waals surface area contributed by atoms with Crippen molar-refractivity contribution in [2.24, 2.45) is 17.8 Å². The van der Waals surface area contributed by atoms with E-state index in [2.05, 4.69) is 13.2 Å². The van der Waals surface area contributed by atoms with Gasteiger partial charge in [-0.1, -0.05) is 80.1 Å². The molecule has 8 nitrogen and oxygen atoms in total. The van der Waals surface area contributed by atoms with Gasteiger partial charge in [-0.3, -0.25) is 14.4 Å². The lowest BCUT2D eigenvalue weighted by atomic mass is 9.70. The van der Waals surface area contributed by atoms with E-state index in [-0.39, 0.29) is 36.8 Å². The van der Waals surface area contributed by atoms with Gasteiger partial charge in [-0.05, 0) is 42.9 Å². The Morgan fingerprint density at radius 3 is 2.41 bits per heavy atom. The fourth-order valence-electron chi connectivity index (χ4n) is 7.52. The van der Waals surface area contributed by atoms with Gasteiger partial charge in [0.25, 0.3) is 5.91 Å². The predicted octanol–water partition coefficient (Wildman–Crippen LogP) is 4.86. The molecular formula is C35H42ClN3O5. The Balaban J connectivity index is 1.58. The van der Waals surface area contributed by atoms with Crippen LogP contribution in [-0.2, 0) is 25.7 Å². The Bertz CT molecular complexity index is 1400. The number of likely N-dealkylation sites (tertiary alicyclic amines) is 1. The molecule has 2 bridgehead atoms. The molecule has 0 aromatic heterocycles.